The zero-order chi connectivity index (χ0) is 10.3. The molecule has 0 saturated carbocycles. The maximum absolute atomic E-state index is 10.8. The Kier molecular flexibility index (Phi) is 5.52. The van der Waals surface area contributed by atoms with Gasteiger partial charge in [-0.15, -0.1) is 0 Å². The summed E-state index contributed by atoms with van der Waals surface area (Å²) in [7, 11) is 0. The van der Waals surface area contributed by atoms with Gasteiger partial charge in [0.05, 0.1) is 17.8 Å². The van der Waals surface area contributed by atoms with Gasteiger partial charge in [0.25, 0.3) is 0 Å². The molecule has 1 aliphatic rings. The molecule has 3 heteroatoms. The normalized spacial score (nSPS) is 21.0. The van der Waals surface area contributed by atoms with Gasteiger partial charge in [-0.25, -0.2) is 0 Å². The Morgan fingerprint density at radius 1 is 1.54 bits per heavy atom. The van der Waals surface area contributed by atoms with E-state index in [9.17, 15) is 4.79 Å². The van der Waals surface area contributed by atoms with Crippen LogP contribution in [0.3, 0.4) is 0 Å². The first-order chi connectivity index (χ1) is 6.27. The largest absolute Gasteiger partial charge is 0.324 e. The lowest BCUT2D eigenvalue weighted by Gasteiger charge is -1.93. The highest BCUT2D eigenvalue weighted by molar-refractivity contribution is 6.17. The van der Waals surface area contributed by atoms with Crippen LogP contribution in [-0.2, 0) is 4.79 Å². The smallest absolute Gasteiger partial charge is 0.230 e. The van der Waals surface area contributed by atoms with E-state index in [1.807, 2.05) is 26.8 Å². The van der Waals surface area contributed by atoms with Gasteiger partial charge in [-0.05, 0) is 6.92 Å². The third kappa shape index (κ3) is 3.23. The van der Waals surface area contributed by atoms with Crippen molar-refractivity contribution in [2.75, 3.05) is 0 Å². The van der Waals surface area contributed by atoms with Crippen molar-refractivity contribution >= 4 is 11.6 Å². The zero-order valence-electron chi connectivity index (χ0n) is 8.42. The van der Waals surface area contributed by atoms with E-state index in [1.165, 1.54) is 6.20 Å². The van der Waals surface area contributed by atoms with Gasteiger partial charge in [0.2, 0.25) is 5.91 Å². The predicted molar refractivity (Wildman–Crippen MR) is 55.5 cm³/mol. The van der Waals surface area contributed by atoms with Crippen molar-refractivity contribution in [1.29, 1.82) is 0 Å². The summed E-state index contributed by atoms with van der Waals surface area (Å²) in [5.74, 6) is -0.00120. The second kappa shape index (κ2) is 6.17. The zero-order valence-corrected chi connectivity index (χ0v) is 8.42. The van der Waals surface area contributed by atoms with Crippen LogP contribution in [0, 0.1) is 0 Å². The molecule has 1 rings (SSSR count). The van der Waals surface area contributed by atoms with Gasteiger partial charge in [0.15, 0.2) is 0 Å². The van der Waals surface area contributed by atoms with Gasteiger partial charge in [-0.2, -0.15) is 0 Å². The second-order valence-corrected chi connectivity index (χ2v) is 2.19. The number of rotatable bonds is 1. The van der Waals surface area contributed by atoms with E-state index in [1.54, 1.807) is 0 Å². The lowest BCUT2D eigenvalue weighted by molar-refractivity contribution is -0.118. The number of aliphatic imine (C=N–C) groups is 1. The Labute approximate surface area is 79.3 Å². The monoisotopic (exact) mass is 180 g/mol. The number of hydrogen-bond acceptors (Lipinski definition) is 2. The molecule has 0 radical (unpaired) electrons. The molecule has 72 valence electrons. The van der Waals surface area contributed by atoms with E-state index < -0.39 is 0 Å². The summed E-state index contributed by atoms with van der Waals surface area (Å²) in [5, 5.41) is 2.68. The maximum Gasteiger partial charge on any atom is 0.230 e. The second-order valence-electron chi connectivity index (χ2n) is 2.19. The average molecular weight is 180 g/mol. The number of nitrogens with zero attached hydrogens (tertiary/aromatic N) is 1. The van der Waals surface area contributed by atoms with Crippen LogP contribution in [0.5, 0.6) is 0 Å². The van der Waals surface area contributed by atoms with Gasteiger partial charge in [0, 0.05) is 6.20 Å². The molecule has 0 atom stereocenters. The van der Waals surface area contributed by atoms with Crippen molar-refractivity contribution in [3.63, 3.8) is 0 Å². The molecule has 0 bridgehead atoms. The van der Waals surface area contributed by atoms with Gasteiger partial charge < -0.3 is 5.32 Å². The van der Waals surface area contributed by atoms with Crippen LogP contribution in [0.1, 0.15) is 27.2 Å². The highest BCUT2D eigenvalue weighted by Gasteiger charge is 2.20. The molecule has 1 amide bonds. The molecule has 1 heterocycles. The van der Waals surface area contributed by atoms with E-state index >= 15 is 0 Å². The molecular weight excluding hydrogens is 164 g/mol. The van der Waals surface area contributed by atoms with Crippen LogP contribution >= 0.6 is 0 Å². The van der Waals surface area contributed by atoms with Crippen molar-refractivity contribution < 1.29 is 4.79 Å². The standard InChI is InChI=1S/C8H10N2O.C2H6/c1-3-6-7(9-4-2)5-8(11)10-6;1-2/h3-4H,2,5H2,1H3,(H,10,11);1-2H3/b6-3+,9-7?;. The van der Waals surface area contributed by atoms with E-state index in [-0.39, 0.29) is 5.91 Å². The van der Waals surface area contributed by atoms with E-state index in [4.69, 9.17) is 0 Å². The predicted octanol–water partition coefficient (Wildman–Crippen LogP) is 2.02. The Morgan fingerprint density at radius 2 is 2.15 bits per heavy atom. The first-order valence-electron chi connectivity index (χ1n) is 4.42. The Bertz CT molecular complexity index is 252. The summed E-state index contributed by atoms with van der Waals surface area (Å²) in [6.45, 7) is 9.32. The van der Waals surface area contributed by atoms with Crippen molar-refractivity contribution in [2.24, 2.45) is 4.99 Å². The Balaban J connectivity index is 0.000000671. The third-order valence-corrected chi connectivity index (χ3v) is 1.45. The van der Waals surface area contributed by atoms with Crippen LogP contribution in [0.2, 0.25) is 0 Å². The fourth-order valence-electron chi connectivity index (χ4n) is 0.978. The highest BCUT2D eigenvalue weighted by Crippen LogP contribution is 2.07. The van der Waals surface area contributed by atoms with Crippen LogP contribution < -0.4 is 5.32 Å². The minimum Gasteiger partial charge on any atom is -0.324 e. The number of hydrogen-bond donors (Lipinski definition) is 1. The van der Waals surface area contributed by atoms with Crippen LogP contribution in [0.15, 0.2) is 29.5 Å². The molecule has 1 N–H and O–H groups in total. The van der Waals surface area contributed by atoms with Gasteiger partial charge in [-0.3, -0.25) is 9.79 Å². The quantitative estimate of drug-likeness (QED) is 0.659. The van der Waals surface area contributed by atoms with E-state index in [0.717, 1.165) is 11.4 Å². The molecule has 0 aliphatic carbocycles. The molecule has 0 aromatic carbocycles. The molecule has 3 nitrogen and oxygen atoms in total. The molecule has 0 aromatic heterocycles. The highest BCUT2D eigenvalue weighted by atomic mass is 16.1. The summed E-state index contributed by atoms with van der Waals surface area (Å²) >= 11 is 0. The number of carbonyl (C=O) groups is 1. The van der Waals surface area contributed by atoms with E-state index in [0.29, 0.717) is 6.42 Å². The Morgan fingerprint density at radius 3 is 2.62 bits per heavy atom. The molecule has 0 spiro atoms. The summed E-state index contributed by atoms with van der Waals surface area (Å²) in [5.41, 5.74) is 1.57. The number of nitrogens with one attached hydrogen (secondary N) is 1. The topological polar surface area (TPSA) is 41.5 Å². The van der Waals surface area contributed by atoms with Crippen molar-refractivity contribution in [3.05, 3.63) is 24.6 Å². The SMILES string of the molecule is C=CN=C1CC(=O)N/C1=C/C.CC. The lowest BCUT2D eigenvalue weighted by atomic mass is 10.2. The number of allylic oxidation sites excluding steroid dienone is 2. The van der Waals surface area contributed by atoms with Crippen molar-refractivity contribution in [2.45, 2.75) is 27.2 Å². The van der Waals surface area contributed by atoms with Gasteiger partial charge in [-0.1, -0.05) is 26.5 Å². The molecule has 1 aliphatic heterocycles. The van der Waals surface area contributed by atoms with Crippen LogP contribution in [0.4, 0.5) is 0 Å². The van der Waals surface area contributed by atoms with Gasteiger partial charge >= 0.3 is 0 Å². The molecule has 1 fully saturated rings. The molecule has 0 aromatic rings. The fourth-order valence-corrected chi connectivity index (χ4v) is 0.978. The number of carbonyl (C=O) groups excluding carboxylic acids is 1. The first-order valence-corrected chi connectivity index (χ1v) is 4.42. The third-order valence-electron chi connectivity index (χ3n) is 1.45. The average Bonchev–Trinajstić information content (AvgIpc) is 2.50. The minimum atomic E-state index is -0.00120. The van der Waals surface area contributed by atoms with Crippen molar-refractivity contribution in [1.82, 2.24) is 5.32 Å². The van der Waals surface area contributed by atoms with Crippen LogP contribution in [0.25, 0.3) is 0 Å². The summed E-state index contributed by atoms with van der Waals surface area (Å²) in [6, 6.07) is 0. The molecule has 1 saturated heterocycles. The summed E-state index contributed by atoms with van der Waals surface area (Å²) in [6.07, 6.45) is 3.64. The minimum absolute atomic E-state index is 0.00120. The molecular formula is C10H16N2O. The fraction of sp³-hybridized carbons (Fsp3) is 0.400. The maximum atomic E-state index is 10.8. The molecule has 13 heavy (non-hydrogen) atoms. The first kappa shape index (κ1) is 11.6. The van der Waals surface area contributed by atoms with E-state index in [2.05, 4.69) is 16.9 Å². The molecule has 0 unspecified atom stereocenters. The van der Waals surface area contributed by atoms with Crippen molar-refractivity contribution in [3.8, 4) is 0 Å². The van der Waals surface area contributed by atoms with Crippen LogP contribution in [-0.4, -0.2) is 11.6 Å². The lowest BCUT2D eigenvalue weighted by Crippen LogP contribution is -2.11. The number of amides is 1. The van der Waals surface area contributed by atoms with Gasteiger partial charge in [0.1, 0.15) is 0 Å². The Hall–Kier alpha value is -1.38. The summed E-state index contributed by atoms with van der Waals surface area (Å²) in [4.78, 5) is 14.8. The summed E-state index contributed by atoms with van der Waals surface area (Å²) < 4.78 is 0.